The van der Waals surface area contributed by atoms with Gasteiger partial charge in [0.25, 0.3) is 0 Å². The molecular weight excluding hydrogens is 238 g/mol. The van der Waals surface area contributed by atoms with Gasteiger partial charge in [-0.3, -0.25) is 9.69 Å². The third-order valence-corrected chi connectivity index (χ3v) is 3.22. The molecule has 0 aliphatic rings. The first-order valence-corrected chi connectivity index (χ1v) is 6.29. The van der Waals surface area contributed by atoms with Gasteiger partial charge in [-0.15, -0.1) is 11.8 Å². The van der Waals surface area contributed by atoms with E-state index in [1.54, 1.807) is 23.9 Å². The van der Waals surface area contributed by atoms with Crippen molar-refractivity contribution < 1.29 is 14.3 Å². The number of rotatable bonds is 2. The molecule has 0 aliphatic heterocycles. The summed E-state index contributed by atoms with van der Waals surface area (Å²) in [4.78, 5) is 24.5. The van der Waals surface area contributed by atoms with Crippen molar-refractivity contribution in [1.82, 2.24) is 4.90 Å². The molecule has 0 spiro atoms. The van der Waals surface area contributed by atoms with Gasteiger partial charge in [-0.25, -0.2) is 4.79 Å². The Kier molecular flexibility index (Phi) is 4.57. The minimum atomic E-state index is -0.672. The lowest BCUT2D eigenvalue weighted by atomic mass is 10.2. The Labute approximate surface area is 105 Å². The monoisotopic (exact) mass is 253 g/mol. The molecule has 0 bridgehead atoms. The quantitative estimate of drug-likeness (QED) is 0.760. The van der Waals surface area contributed by atoms with Crippen LogP contribution in [0, 0.1) is 6.92 Å². The molecule has 92 valence electrons. The summed E-state index contributed by atoms with van der Waals surface area (Å²) in [6.45, 7) is 3.25. The molecule has 0 heterocycles. The molecule has 1 rings (SSSR count). The molecule has 4 nitrogen and oxygen atoms in total. The maximum atomic E-state index is 11.5. The number of amides is 2. The van der Waals surface area contributed by atoms with Crippen molar-refractivity contribution in [3.05, 3.63) is 23.8 Å². The maximum Gasteiger partial charge on any atom is 0.421 e. The second kappa shape index (κ2) is 5.72. The summed E-state index contributed by atoms with van der Waals surface area (Å²) in [6, 6.07) is 5.37. The smallest absolute Gasteiger partial charge is 0.410 e. The van der Waals surface area contributed by atoms with Crippen LogP contribution in [0.2, 0.25) is 0 Å². The standard InChI is InChI=1S/C12H15NO3S/c1-8-7-10(5-6-11(8)17-4)16-12(15)13(3)9(2)14/h5-7H,1-4H3. The Hall–Kier alpha value is -1.49. The topological polar surface area (TPSA) is 46.6 Å². The number of aryl methyl sites for hydroxylation is 1. The Morgan fingerprint density at radius 3 is 2.47 bits per heavy atom. The van der Waals surface area contributed by atoms with Gasteiger partial charge in [0.1, 0.15) is 5.75 Å². The molecular formula is C12H15NO3S. The molecule has 1 aromatic carbocycles. The number of imide groups is 1. The van der Waals surface area contributed by atoms with Crippen LogP contribution < -0.4 is 4.74 Å². The highest BCUT2D eigenvalue weighted by molar-refractivity contribution is 7.98. The molecule has 0 aromatic heterocycles. The minimum Gasteiger partial charge on any atom is -0.410 e. The first kappa shape index (κ1) is 13.6. The molecule has 17 heavy (non-hydrogen) atoms. The molecule has 0 atom stereocenters. The highest BCUT2D eigenvalue weighted by atomic mass is 32.2. The fourth-order valence-corrected chi connectivity index (χ4v) is 1.80. The van der Waals surface area contributed by atoms with Gasteiger partial charge in [-0.1, -0.05) is 0 Å². The number of carbonyl (C=O) groups is 2. The first-order valence-electron chi connectivity index (χ1n) is 5.06. The van der Waals surface area contributed by atoms with E-state index >= 15 is 0 Å². The molecule has 0 saturated heterocycles. The molecule has 1 aromatic rings. The number of thioether (sulfide) groups is 1. The molecule has 0 aliphatic carbocycles. The second-order valence-corrected chi connectivity index (χ2v) is 4.43. The van der Waals surface area contributed by atoms with Crippen LogP contribution in [-0.4, -0.2) is 30.2 Å². The second-order valence-electron chi connectivity index (χ2n) is 3.58. The van der Waals surface area contributed by atoms with Gasteiger partial charge in [-0.05, 0) is 36.9 Å². The Morgan fingerprint density at radius 2 is 2.00 bits per heavy atom. The number of nitrogens with zero attached hydrogens (tertiary/aromatic N) is 1. The molecule has 0 radical (unpaired) electrons. The summed E-state index contributed by atoms with van der Waals surface area (Å²) in [5, 5.41) is 0. The molecule has 2 amide bonds. The minimum absolute atomic E-state index is 0.354. The SMILES string of the molecule is CSc1ccc(OC(=O)N(C)C(C)=O)cc1C. The highest BCUT2D eigenvalue weighted by Gasteiger charge is 2.15. The van der Waals surface area contributed by atoms with E-state index in [0.717, 1.165) is 15.4 Å². The van der Waals surface area contributed by atoms with E-state index in [9.17, 15) is 9.59 Å². The summed E-state index contributed by atoms with van der Waals surface area (Å²) in [5.41, 5.74) is 1.04. The Morgan fingerprint density at radius 1 is 1.35 bits per heavy atom. The molecule has 0 unspecified atom stereocenters. The third kappa shape index (κ3) is 3.49. The van der Waals surface area contributed by atoms with E-state index in [-0.39, 0.29) is 5.91 Å². The van der Waals surface area contributed by atoms with Gasteiger partial charge in [0, 0.05) is 18.9 Å². The number of carbonyl (C=O) groups excluding carboxylic acids is 2. The lowest BCUT2D eigenvalue weighted by Crippen LogP contribution is -2.33. The summed E-state index contributed by atoms with van der Waals surface area (Å²) in [6.07, 6.45) is 1.31. The largest absolute Gasteiger partial charge is 0.421 e. The van der Waals surface area contributed by atoms with Gasteiger partial charge >= 0.3 is 6.09 Å². The number of hydrogen-bond acceptors (Lipinski definition) is 4. The van der Waals surface area contributed by atoms with Gasteiger partial charge in [0.05, 0.1) is 0 Å². The van der Waals surface area contributed by atoms with Crippen molar-refractivity contribution in [3.8, 4) is 5.75 Å². The van der Waals surface area contributed by atoms with Crippen LogP contribution in [0.5, 0.6) is 5.75 Å². The van der Waals surface area contributed by atoms with E-state index in [1.165, 1.54) is 14.0 Å². The lowest BCUT2D eigenvalue weighted by molar-refractivity contribution is -0.125. The van der Waals surface area contributed by atoms with Crippen LogP contribution >= 0.6 is 11.8 Å². The van der Waals surface area contributed by atoms with E-state index < -0.39 is 6.09 Å². The van der Waals surface area contributed by atoms with Gasteiger partial charge in [-0.2, -0.15) is 0 Å². The summed E-state index contributed by atoms with van der Waals surface area (Å²) >= 11 is 1.63. The van der Waals surface area contributed by atoms with Crippen molar-refractivity contribution >= 4 is 23.8 Å². The molecule has 0 N–H and O–H groups in total. The predicted octanol–water partition coefficient (Wildman–Crippen LogP) is 2.69. The van der Waals surface area contributed by atoms with Gasteiger partial charge < -0.3 is 4.74 Å². The number of benzene rings is 1. The predicted molar refractivity (Wildman–Crippen MR) is 67.4 cm³/mol. The van der Waals surface area contributed by atoms with Gasteiger partial charge in [0.15, 0.2) is 0 Å². The Balaban J connectivity index is 2.79. The van der Waals surface area contributed by atoms with Crippen molar-refractivity contribution in [1.29, 1.82) is 0 Å². The molecule has 5 heteroatoms. The summed E-state index contributed by atoms with van der Waals surface area (Å²) in [5.74, 6) is 0.0888. The summed E-state index contributed by atoms with van der Waals surface area (Å²) in [7, 11) is 1.38. The fourth-order valence-electron chi connectivity index (χ4n) is 1.21. The normalized spacial score (nSPS) is 9.88. The first-order chi connectivity index (χ1) is 7.95. The maximum absolute atomic E-state index is 11.5. The van der Waals surface area contributed by atoms with E-state index in [2.05, 4.69) is 0 Å². The van der Waals surface area contributed by atoms with Crippen molar-refractivity contribution in [2.24, 2.45) is 0 Å². The van der Waals surface area contributed by atoms with Crippen molar-refractivity contribution in [2.75, 3.05) is 13.3 Å². The zero-order chi connectivity index (χ0) is 13.0. The highest BCUT2D eigenvalue weighted by Crippen LogP contribution is 2.24. The fraction of sp³-hybridized carbons (Fsp3) is 0.333. The van der Waals surface area contributed by atoms with Crippen molar-refractivity contribution in [3.63, 3.8) is 0 Å². The van der Waals surface area contributed by atoms with Crippen LogP contribution in [-0.2, 0) is 4.79 Å². The zero-order valence-electron chi connectivity index (χ0n) is 10.3. The lowest BCUT2D eigenvalue weighted by Gasteiger charge is -2.13. The zero-order valence-corrected chi connectivity index (χ0v) is 11.1. The van der Waals surface area contributed by atoms with Gasteiger partial charge in [0.2, 0.25) is 5.91 Å². The van der Waals surface area contributed by atoms with Crippen LogP contribution in [0.3, 0.4) is 0 Å². The molecule has 0 fully saturated rings. The van der Waals surface area contributed by atoms with Crippen LogP contribution in [0.25, 0.3) is 0 Å². The Bertz CT molecular complexity index is 445. The number of hydrogen-bond donors (Lipinski definition) is 0. The van der Waals surface area contributed by atoms with Crippen molar-refractivity contribution in [2.45, 2.75) is 18.7 Å². The average molecular weight is 253 g/mol. The van der Waals surface area contributed by atoms with Crippen LogP contribution in [0.15, 0.2) is 23.1 Å². The van der Waals surface area contributed by atoms with E-state index in [1.807, 2.05) is 19.2 Å². The molecule has 0 saturated carbocycles. The third-order valence-electron chi connectivity index (χ3n) is 2.32. The average Bonchev–Trinajstić information content (AvgIpc) is 2.28. The van der Waals surface area contributed by atoms with E-state index in [0.29, 0.717) is 5.75 Å². The number of ether oxygens (including phenoxy) is 1. The summed E-state index contributed by atoms with van der Waals surface area (Å²) < 4.78 is 5.07. The van der Waals surface area contributed by atoms with Crippen LogP contribution in [0.4, 0.5) is 4.79 Å². The van der Waals surface area contributed by atoms with E-state index in [4.69, 9.17) is 4.74 Å². The van der Waals surface area contributed by atoms with Crippen LogP contribution in [0.1, 0.15) is 12.5 Å².